The lowest BCUT2D eigenvalue weighted by Gasteiger charge is -2.25. The van der Waals surface area contributed by atoms with Gasteiger partial charge in [0.15, 0.2) is 0 Å². The van der Waals surface area contributed by atoms with Crippen LogP contribution in [-0.2, 0) is 9.53 Å². The van der Waals surface area contributed by atoms with Crippen LogP contribution in [0.3, 0.4) is 0 Å². The van der Waals surface area contributed by atoms with E-state index in [0.29, 0.717) is 12.3 Å². The lowest BCUT2D eigenvalue weighted by molar-refractivity contribution is -0.151. The fraction of sp³-hybridized carbons (Fsp3) is 0.960. The van der Waals surface area contributed by atoms with Gasteiger partial charge in [-0.2, -0.15) is 0 Å². The summed E-state index contributed by atoms with van der Waals surface area (Å²) in [4.78, 5) is 12.2. The van der Waals surface area contributed by atoms with E-state index in [1.807, 2.05) is 0 Å². The average Bonchev–Trinajstić information content (AvgIpc) is 2.59. The van der Waals surface area contributed by atoms with Gasteiger partial charge in [-0.05, 0) is 43.9 Å². The molecule has 0 spiro atoms. The summed E-state index contributed by atoms with van der Waals surface area (Å²) in [6, 6.07) is 0. The summed E-state index contributed by atoms with van der Waals surface area (Å²) in [5.74, 6) is 1.97. The molecular formula is C25H50O2. The molecule has 0 aromatic heterocycles. The van der Waals surface area contributed by atoms with Gasteiger partial charge >= 0.3 is 5.97 Å². The van der Waals surface area contributed by atoms with E-state index in [0.717, 1.165) is 18.3 Å². The molecule has 0 saturated heterocycles. The molecule has 0 aromatic carbocycles. The molecule has 0 saturated carbocycles. The molecule has 0 aliphatic rings. The summed E-state index contributed by atoms with van der Waals surface area (Å²) in [5.41, 5.74) is 0. The highest BCUT2D eigenvalue weighted by Crippen LogP contribution is 2.25. The van der Waals surface area contributed by atoms with Crippen molar-refractivity contribution in [1.82, 2.24) is 0 Å². The first kappa shape index (κ1) is 26.5. The van der Waals surface area contributed by atoms with Crippen LogP contribution in [-0.4, -0.2) is 12.1 Å². The van der Waals surface area contributed by atoms with Crippen molar-refractivity contribution in [2.24, 2.45) is 17.8 Å². The Hall–Kier alpha value is -0.530. The molecule has 0 amide bonds. The molecule has 0 aliphatic carbocycles. The molecule has 2 nitrogen and oxygen atoms in total. The number of hydrogen-bond acceptors (Lipinski definition) is 2. The second-order valence-corrected chi connectivity index (χ2v) is 9.48. The van der Waals surface area contributed by atoms with Crippen molar-refractivity contribution in [3.63, 3.8) is 0 Å². The molecule has 0 rings (SSSR count). The Morgan fingerprint density at radius 3 is 1.56 bits per heavy atom. The summed E-state index contributed by atoms with van der Waals surface area (Å²) >= 11 is 0. The Bertz CT molecular complexity index is 323. The van der Waals surface area contributed by atoms with Gasteiger partial charge in [0.05, 0.1) is 0 Å². The Morgan fingerprint density at radius 2 is 1.11 bits per heavy atom. The van der Waals surface area contributed by atoms with Crippen LogP contribution in [0.25, 0.3) is 0 Å². The minimum atomic E-state index is 0.0181. The second kappa shape index (κ2) is 17.6. The van der Waals surface area contributed by atoms with Gasteiger partial charge in [-0.3, -0.25) is 4.79 Å². The number of unbranched alkanes of at least 4 members (excludes halogenated alkanes) is 8. The predicted octanol–water partition coefficient (Wildman–Crippen LogP) is 8.33. The van der Waals surface area contributed by atoms with Crippen LogP contribution in [0.4, 0.5) is 0 Å². The van der Waals surface area contributed by atoms with Crippen LogP contribution in [0.5, 0.6) is 0 Å². The van der Waals surface area contributed by atoms with E-state index in [2.05, 4.69) is 41.5 Å². The van der Waals surface area contributed by atoms with E-state index in [1.165, 1.54) is 77.0 Å². The third-order valence-corrected chi connectivity index (χ3v) is 5.70. The van der Waals surface area contributed by atoms with Gasteiger partial charge in [0.2, 0.25) is 0 Å². The number of rotatable bonds is 18. The summed E-state index contributed by atoms with van der Waals surface area (Å²) in [6.07, 6.45) is 17.0. The molecule has 0 aromatic rings. The van der Waals surface area contributed by atoms with Crippen LogP contribution in [0.2, 0.25) is 0 Å². The monoisotopic (exact) mass is 382 g/mol. The van der Waals surface area contributed by atoms with E-state index in [1.54, 1.807) is 0 Å². The summed E-state index contributed by atoms with van der Waals surface area (Å²) in [6.45, 7) is 13.5. The topological polar surface area (TPSA) is 26.3 Å². The van der Waals surface area contributed by atoms with Gasteiger partial charge in [-0.1, -0.05) is 98.8 Å². The molecule has 1 atom stereocenters. The minimum Gasteiger partial charge on any atom is -0.462 e. The second-order valence-electron chi connectivity index (χ2n) is 9.48. The molecule has 162 valence electrons. The quantitative estimate of drug-likeness (QED) is 0.176. The third-order valence-electron chi connectivity index (χ3n) is 5.70. The Labute approximate surface area is 171 Å². The number of esters is 1. The summed E-state index contributed by atoms with van der Waals surface area (Å²) in [5, 5.41) is 0. The smallest absolute Gasteiger partial charge is 0.306 e. The van der Waals surface area contributed by atoms with Crippen molar-refractivity contribution in [2.45, 2.75) is 138 Å². The van der Waals surface area contributed by atoms with E-state index >= 15 is 0 Å². The highest BCUT2D eigenvalue weighted by Gasteiger charge is 2.21. The van der Waals surface area contributed by atoms with Gasteiger partial charge < -0.3 is 4.74 Å². The summed E-state index contributed by atoms with van der Waals surface area (Å²) < 4.78 is 5.81. The number of hydrogen-bond donors (Lipinski definition) is 0. The zero-order valence-electron chi connectivity index (χ0n) is 19.5. The van der Waals surface area contributed by atoms with Gasteiger partial charge in [0.25, 0.3) is 0 Å². The molecule has 0 radical (unpaired) electrons. The maximum absolute atomic E-state index is 12.2. The van der Waals surface area contributed by atoms with Crippen molar-refractivity contribution in [3.8, 4) is 0 Å². The van der Waals surface area contributed by atoms with Crippen molar-refractivity contribution in [3.05, 3.63) is 0 Å². The third kappa shape index (κ3) is 17.3. The van der Waals surface area contributed by atoms with Gasteiger partial charge in [0, 0.05) is 6.42 Å². The maximum Gasteiger partial charge on any atom is 0.306 e. The highest BCUT2D eigenvalue weighted by atomic mass is 16.5. The van der Waals surface area contributed by atoms with Crippen LogP contribution >= 0.6 is 0 Å². The van der Waals surface area contributed by atoms with Crippen molar-refractivity contribution in [2.75, 3.05) is 0 Å². The molecule has 1 unspecified atom stereocenters. The van der Waals surface area contributed by atoms with Gasteiger partial charge in [0.1, 0.15) is 6.10 Å². The normalized spacial score (nSPS) is 12.9. The van der Waals surface area contributed by atoms with E-state index < -0.39 is 0 Å². The van der Waals surface area contributed by atoms with Gasteiger partial charge in [-0.25, -0.2) is 0 Å². The van der Waals surface area contributed by atoms with Crippen LogP contribution in [0.15, 0.2) is 0 Å². The molecule has 27 heavy (non-hydrogen) atoms. The van der Waals surface area contributed by atoms with Crippen molar-refractivity contribution >= 4 is 5.97 Å². The van der Waals surface area contributed by atoms with E-state index in [-0.39, 0.29) is 12.1 Å². The molecule has 0 bridgehead atoms. The molecule has 0 fully saturated rings. The van der Waals surface area contributed by atoms with Crippen LogP contribution in [0, 0.1) is 17.8 Å². The average molecular weight is 383 g/mol. The number of ether oxygens (including phenoxy) is 1. The van der Waals surface area contributed by atoms with Crippen LogP contribution in [0.1, 0.15) is 131 Å². The predicted molar refractivity (Wildman–Crippen MR) is 119 cm³/mol. The minimum absolute atomic E-state index is 0.0181. The standard InChI is InChI=1S/C25H50O2/c1-7-8-9-10-11-12-13-14-15-16-25(26)27-23(6)24(19-17-21(2)3)20-18-22(4)5/h21-24H,7-20H2,1-6H3. The lowest BCUT2D eigenvalue weighted by atomic mass is 9.88. The fourth-order valence-electron chi connectivity index (χ4n) is 3.65. The first-order valence-corrected chi connectivity index (χ1v) is 12.1. The maximum atomic E-state index is 12.2. The van der Waals surface area contributed by atoms with Gasteiger partial charge in [-0.15, -0.1) is 0 Å². The largest absolute Gasteiger partial charge is 0.462 e. The summed E-state index contributed by atoms with van der Waals surface area (Å²) in [7, 11) is 0. The Kier molecular flexibility index (Phi) is 17.2. The number of carbonyl (C=O) groups is 1. The first-order chi connectivity index (χ1) is 12.9. The zero-order chi connectivity index (χ0) is 20.5. The molecule has 0 heterocycles. The molecule has 0 N–H and O–H groups in total. The van der Waals surface area contributed by atoms with Crippen molar-refractivity contribution in [1.29, 1.82) is 0 Å². The van der Waals surface area contributed by atoms with Crippen LogP contribution < -0.4 is 0 Å². The van der Waals surface area contributed by atoms with E-state index in [4.69, 9.17) is 4.74 Å². The molecule has 2 heteroatoms. The fourth-order valence-corrected chi connectivity index (χ4v) is 3.65. The molecule has 0 aliphatic heterocycles. The number of carbonyl (C=O) groups excluding carboxylic acids is 1. The van der Waals surface area contributed by atoms with Crippen molar-refractivity contribution < 1.29 is 9.53 Å². The SMILES string of the molecule is CCCCCCCCCCCC(=O)OC(C)C(CCC(C)C)CCC(C)C. The highest BCUT2D eigenvalue weighted by molar-refractivity contribution is 5.69. The Morgan fingerprint density at radius 1 is 0.667 bits per heavy atom. The first-order valence-electron chi connectivity index (χ1n) is 12.1. The Balaban J connectivity index is 3.95. The van der Waals surface area contributed by atoms with E-state index in [9.17, 15) is 4.79 Å². The zero-order valence-corrected chi connectivity index (χ0v) is 19.5. The lowest BCUT2D eigenvalue weighted by Crippen LogP contribution is -2.25. The molecular weight excluding hydrogens is 332 g/mol.